The van der Waals surface area contributed by atoms with E-state index in [-0.39, 0.29) is 35.6 Å². The predicted molar refractivity (Wildman–Crippen MR) is 119 cm³/mol. The van der Waals surface area contributed by atoms with Crippen molar-refractivity contribution in [1.82, 2.24) is 15.5 Å². The summed E-state index contributed by atoms with van der Waals surface area (Å²) in [5.74, 6) is 0.483. The fourth-order valence-corrected chi connectivity index (χ4v) is 5.01. The quantitative estimate of drug-likeness (QED) is 0.691. The Morgan fingerprint density at radius 2 is 1.70 bits per heavy atom. The van der Waals surface area contributed by atoms with Gasteiger partial charge in [-0.05, 0) is 55.9 Å². The molecule has 0 unspecified atom stereocenters. The molecule has 1 aromatic rings. The second-order valence-corrected chi connectivity index (χ2v) is 10.1. The van der Waals surface area contributed by atoms with Crippen LogP contribution in [0.4, 0.5) is 0 Å². The number of piperidine rings is 1. The van der Waals surface area contributed by atoms with E-state index < -0.39 is 6.04 Å². The standard InChI is InChI=1S/C23H35N3O3S/c1-15(2)16(3)24-22(28)20(25-21(27)19-9-6-14-30-19)17-10-12-26(13-11-17)23(29)18-7-4-5-8-18/h6,9,14-18,20H,4-5,7-8,10-13H2,1-3H3,(H,24,28)(H,25,27)/t16-,20-/m1/s1. The van der Waals surface area contributed by atoms with Gasteiger partial charge in [-0.15, -0.1) is 11.3 Å². The number of rotatable bonds is 7. The first-order chi connectivity index (χ1) is 14.4. The fourth-order valence-electron chi connectivity index (χ4n) is 4.38. The molecular weight excluding hydrogens is 398 g/mol. The van der Waals surface area contributed by atoms with Gasteiger partial charge < -0.3 is 15.5 Å². The van der Waals surface area contributed by atoms with Crippen LogP contribution in [0.5, 0.6) is 0 Å². The molecule has 0 spiro atoms. The summed E-state index contributed by atoms with van der Waals surface area (Å²) in [4.78, 5) is 41.1. The van der Waals surface area contributed by atoms with Gasteiger partial charge in [-0.2, -0.15) is 0 Å². The van der Waals surface area contributed by atoms with E-state index in [4.69, 9.17) is 0 Å². The number of amides is 3. The number of nitrogens with one attached hydrogen (secondary N) is 2. The molecule has 2 N–H and O–H groups in total. The maximum atomic E-state index is 13.1. The van der Waals surface area contributed by atoms with Crippen LogP contribution in [0.15, 0.2) is 17.5 Å². The molecule has 1 saturated heterocycles. The number of thiophene rings is 1. The predicted octanol–water partition coefficient (Wildman–Crippen LogP) is 3.44. The minimum Gasteiger partial charge on any atom is -0.352 e. The summed E-state index contributed by atoms with van der Waals surface area (Å²) in [5, 5.41) is 7.92. The van der Waals surface area contributed by atoms with E-state index in [2.05, 4.69) is 24.5 Å². The lowest BCUT2D eigenvalue weighted by atomic mass is 9.87. The van der Waals surface area contributed by atoms with E-state index in [1.54, 1.807) is 6.07 Å². The van der Waals surface area contributed by atoms with Crippen molar-refractivity contribution >= 4 is 29.1 Å². The topological polar surface area (TPSA) is 78.5 Å². The van der Waals surface area contributed by atoms with Crippen molar-refractivity contribution in [2.24, 2.45) is 17.8 Å². The lowest BCUT2D eigenvalue weighted by Crippen LogP contribution is -2.55. The molecule has 0 radical (unpaired) electrons. The third-order valence-corrected chi connectivity index (χ3v) is 7.58. The third-order valence-electron chi connectivity index (χ3n) is 6.71. The van der Waals surface area contributed by atoms with Gasteiger partial charge >= 0.3 is 0 Å². The van der Waals surface area contributed by atoms with Crippen LogP contribution < -0.4 is 10.6 Å². The Kier molecular flexibility index (Phi) is 7.92. The van der Waals surface area contributed by atoms with Crippen LogP contribution in [-0.4, -0.2) is 47.8 Å². The van der Waals surface area contributed by atoms with Crippen LogP contribution >= 0.6 is 11.3 Å². The molecule has 166 valence electrons. The lowest BCUT2D eigenvalue weighted by Gasteiger charge is -2.37. The van der Waals surface area contributed by atoms with Crippen molar-refractivity contribution in [3.63, 3.8) is 0 Å². The van der Waals surface area contributed by atoms with Crippen molar-refractivity contribution in [3.05, 3.63) is 22.4 Å². The monoisotopic (exact) mass is 433 g/mol. The molecule has 2 aliphatic rings. The Balaban J connectivity index is 1.64. The number of likely N-dealkylation sites (tertiary alicyclic amines) is 1. The largest absolute Gasteiger partial charge is 0.352 e. The van der Waals surface area contributed by atoms with Crippen LogP contribution in [0, 0.1) is 17.8 Å². The van der Waals surface area contributed by atoms with Crippen LogP contribution in [0.1, 0.15) is 69.0 Å². The van der Waals surface area contributed by atoms with Gasteiger partial charge in [0.1, 0.15) is 6.04 Å². The number of nitrogens with zero attached hydrogens (tertiary/aromatic N) is 1. The summed E-state index contributed by atoms with van der Waals surface area (Å²) in [6, 6.07) is 3.06. The zero-order valence-corrected chi connectivity index (χ0v) is 19.2. The average Bonchev–Trinajstić information content (AvgIpc) is 3.45. The highest BCUT2D eigenvalue weighted by Gasteiger charge is 2.36. The molecule has 2 heterocycles. The summed E-state index contributed by atoms with van der Waals surface area (Å²) < 4.78 is 0. The summed E-state index contributed by atoms with van der Waals surface area (Å²) >= 11 is 1.37. The highest BCUT2D eigenvalue weighted by molar-refractivity contribution is 7.12. The zero-order chi connectivity index (χ0) is 21.7. The molecule has 6 nitrogen and oxygen atoms in total. The van der Waals surface area contributed by atoms with E-state index in [0.717, 1.165) is 38.5 Å². The highest BCUT2D eigenvalue weighted by atomic mass is 32.1. The molecule has 30 heavy (non-hydrogen) atoms. The molecule has 0 aromatic carbocycles. The Hall–Kier alpha value is -1.89. The van der Waals surface area contributed by atoms with E-state index in [0.29, 0.717) is 23.9 Å². The molecule has 1 saturated carbocycles. The molecule has 1 aliphatic carbocycles. The van der Waals surface area contributed by atoms with Gasteiger partial charge in [0.2, 0.25) is 11.8 Å². The third kappa shape index (κ3) is 5.62. The van der Waals surface area contributed by atoms with E-state index in [9.17, 15) is 14.4 Å². The first-order valence-electron chi connectivity index (χ1n) is 11.3. The van der Waals surface area contributed by atoms with Gasteiger partial charge in [0.25, 0.3) is 5.91 Å². The number of hydrogen-bond acceptors (Lipinski definition) is 4. The highest BCUT2D eigenvalue weighted by Crippen LogP contribution is 2.29. The van der Waals surface area contributed by atoms with Crippen molar-refractivity contribution in [2.45, 2.75) is 71.4 Å². The van der Waals surface area contributed by atoms with E-state index in [1.807, 2.05) is 23.3 Å². The van der Waals surface area contributed by atoms with Crippen molar-refractivity contribution in [2.75, 3.05) is 13.1 Å². The molecule has 1 aromatic heterocycles. The Morgan fingerprint density at radius 3 is 2.27 bits per heavy atom. The second-order valence-electron chi connectivity index (χ2n) is 9.11. The van der Waals surface area contributed by atoms with Crippen LogP contribution in [-0.2, 0) is 9.59 Å². The minimum atomic E-state index is -0.579. The summed E-state index contributed by atoms with van der Waals surface area (Å²) in [6.07, 6.45) is 5.78. The lowest BCUT2D eigenvalue weighted by molar-refractivity contribution is -0.137. The Labute approximate surface area is 183 Å². The molecule has 1 aliphatic heterocycles. The van der Waals surface area contributed by atoms with Crippen LogP contribution in [0.25, 0.3) is 0 Å². The van der Waals surface area contributed by atoms with Crippen molar-refractivity contribution in [1.29, 1.82) is 0 Å². The first kappa shape index (κ1) is 22.8. The van der Waals surface area contributed by atoms with E-state index in [1.165, 1.54) is 11.3 Å². The summed E-state index contributed by atoms with van der Waals surface area (Å²) in [7, 11) is 0. The molecular formula is C23H35N3O3S. The second kappa shape index (κ2) is 10.4. The molecule has 7 heteroatoms. The van der Waals surface area contributed by atoms with E-state index >= 15 is 0 Å². The molecule has 2 atom stereocenters. The number of carbonyl (C=O) groups excluding carboxylic acids is 3. The van der Waals surface area contributed by atoms with Gasteiger partial charge in [-0.3, -0.25) is 14.4 Å². The Bertz CT molecular complexity index is 720. The van der Waals surface area contributed by atoms with Crippen molar-refractivity contribution < 1.29 is 14.4 Å². The molecule has 3 amide bonds. The van der Waals surface area contributed by atoms with Gasteiger partial charge in [0.05, 0.1) is 4.88 Å². The summed E-state index contributed by atoms with van der Waals surface area (Å²) in [6.45, 7) is 7.45. The van der Waals surface area contributed by atoms with Gasteiger partial charge in [-0.1, -0.05) is 32.8 Å². The molecule has 3 rings (SSSR count). The number of hydrogen-bond donors (Lipinski definition) is 2. The van der Waals surface area contributed by atoms with Crippen LogP contribution in [0.2, 0.25) is 0 Å². The minimum absolute atomic E-state index is 0.0286. The van der Waals surface area contributed by atoms with Crippen LogP contribution in [0.3, 0.4) is 0 Å². The first-order valence-corrected chi connectivity index (χ1v) is 12.2. The zero-order valence-electron chi connectivity index (χ0n) is 18.4. The number of carbonyl (C=O) groups is 3. The summed E-state index contributed by atoms with van der Waals surface area (Å²) in [5.41, 5.74) is 0. The van der Waals surface area contributed by atoms with Gasteiger partial charge in [0.15, 0.2) is 0 Å². The molecule has 0 bridgehead atoms. The average molecular weight is 434 g/mol. The smallest absolute Gasteiger partial charge is 0.262 e. The fraction of sp³-hybridized carbons (Fsp3) is 0.696. The normalized spacial score (nSPS) is 20.2. The van der Waals surface area contributed by atoms with Gasteiger partial charge in [0, 0.05) is 25.0 Å². The molecule has 2 fully saturated rings. The maximum Gasteiger partial charge on any atom is 0.262 e. The van der Waals surface area contributed by atoms with Crippen molar-refractivity contribution in [3.8, 4) is 0 Å². The Morgan fingerprint density at radius 1 is 1.03 bits per heavy atom. The maximum absolute atomic E-state index is 13.1. The van der Waals surface area contributed by atoms with Gasteiger partial charge in [-0.25, -0.2) is 0 Å². The SMILES string of the molecule is CC(C)[C@@H](C)NC(=O)[C@H](NC(=O)c1cccs1)C1CCN(C(=O)C2CCCC2)CC1.